The van der Waals surface area contributed by atoms with Crippen LogP contribution < -0.4 is 15.4 Å². The van der Waals surface area contributed by atoms with Gasteiger partial charge in [-0.1, -0.05) is 13.0 Å². The molecule has 144 valence electrons. The van der Waals surface area contributed by atoms with Gasteiger partial charge in [0.2, 0.25) is 5.91 Å². The van der Waals surface area contributed by atoms with Crippen molar-refractivity contribution in [2.24, 2.45) is 0 Å². The topological polar surface area (TPSA) is 93.7 Å². The normalized spacial score (nSPS) is 10.2. The van der Waals surface area contributed by atoms with Crippen LogP contribution in [-0.2, 0) is 20.7 Å². The molecule has 8 heteroatoms. The summed E-state index contributed by atoms with van der Waals surface area (Å²) in [7, 11) is 0. The van der Waals surface area contributed by atoms with Crippen molar-refractivity contribution in [2.45, 2.75) is 27.2 Å². The van der Waals surface area contributed by atoms with E-state index in [0.29, 0.717) is 22.0 Å². The predicted octanol–water partition coefficient (Wildman–Crippen LogP) is 3.46. The molecule has 2 amide bonds. The SMILES string of the molecule is CCOC(=O)c1cc(CC)sc1NC(=O)COc1cccc(NC(C)=O)c1. The molecule has 7 nitrogen and oxygen atoms in total. The van der Waals surface area contributed by atoms with Crippen LogP contribution in [0.3, 0.4) is 0 Å². The molecular formula is C19H22N2O5S. The summed E-state index contributed by atoms with van der Waals surface area (Å²) in [5.74, 6) is -0.606. The zero-order valence-electron chi connectivity index (χ0n) is 15.5. The Hall–Kier alpha value is -2.87. The van der Waals surface area contributed by atoms with Crippen LogP contribution >= 0.6 is 11.3 Å². The van der Waals surface area contributed by atoms with E-state index < -0.39 is 11.9 Å². The number of rotatable bonds is 8. The highest BCUT2D eigenvalue weighted by atomic mass is 32.1. The number of benzene rings is 1. The third-order valence-corrected chi connectivity index (χ3v) is 4.60. The first-order valence-electron chi connectivity index (χ1n) is 8.53. The van der Waals surface area contributed by atoms with E-state index in [1.807, 2.05) is 6.92 Å². The third-order valence-electron chi connectivity index (χ3n) is 3.40. The van der Waals surface area contributed by atoms with Gasteiger partial charge in [-0.25, -0.2) is 4.79 Å². The Morgan fingerprint density at radius 2 is 1.89 bits per heavy atom. The summed E-state index contributed by atoms with van der Waals surface area (Å²) in [6.45, 7) is 5.14. The van der Waals surface area contributed by atoms with Crippen molar-refractivity contribution in [1.29, 1.82) is 0 Å². The second kappa shape index (κ2) is 9.72. The summed E-state index contributed by atoms with van der Waals surface area (Å²) in [6, 6.07) is 8.47. The number of aryl methyl sites for hydroxylation is 1. The minimum absolute atomic E-state index is 0.194. The molecule has 2 aromatic rings. The number of nitrogens with one attached hydrogen (secondary N) is 2. The fourth-order valence-corrected chi connectivity index (χ4v) is 3.25. The van der Waals surface area contributed by atoms with Crippen molar-refractivity contribution < 1.29 is 23.9 Å². The van der Waals surface area contributed by atoms with Crippen LogP contribution in [0.25, 0.3) is 0 Å². The van der Waals surface area contributed by atoms with E-state index in [0.717, 1.165) is 11.3 Å². The van der Waals surface area contributed by atoms with Gasteiger partial charge in [0.05, 0.1) is 12.2 Å². The van der Waals surface area contributed by atoms with E-state index in [2.05, 4.69) is 10.6 Å². The van der Waals surface area contributed by atoms with E-state index in [1.54, 1.807) is 37.3 Å². The van der Waals surface area contributed by atoms with E-state index in [9.17, 15) is 14.4 Å². The van der Waals surface area contributed by atoms with Crippen LogP contribution in [0.1, 0.15) is 36.0 Å². The molecule has 1 aromatic carbocycles. The van der Waals surface area contributed by atoms with Gasteiger partial charge in [-0.05, 0) is 31.5 Å². The van der Waals surface area contributed by atoms with Gasteiger partial charge in [-0.15, -0.1) is 11.3 Å². The molecule has 2 rings (SSSR count). The molecule has 0 unspecified atom stereocenters. The van der Waals surface area contributed by atoms with Crippen molar-refractivity contribution in [3.05, 3.63) is 40.8 Å². The van der Waals surface area contributed by atoms with Gasteiger partial charge < -0.3 is 20.1 Å². The lowest BCUT2D eigenvalue weighted by Crippen LogP contribution is -2.21. The Morgan fingerprint density at radius 1 is 1.11 bits per heavy atom. The molecule has 0 saturated heterocycles. The molecule has 1 aromatic heterocycles. The van der Waals surface area contributed by atoms with Crippen LogP contribution in [0.2, 0.25) is 0 Å². The Labute approximate surface area is 161 Å². The van der Waals surface area contributed by atoms with Gasteiger partial charge in [0.15, 0.2) is 6.61 Å². The second-order valence-electron chi connectivity index (χ2n) is 5.58. The highest BCUT2D eigenvalue weighted by Gasteiger charge is 2.18. The van der Waals surface area contributed by atoms with E-state index >= 15 is 0 Å². The quantitative estimate of drug-likeness (QED) is 0.673. The fourth-order valence-electron chi connectivity index (χ4n) is 2.25. The summed E-state index contributed by atoms with van der Waals surface area (Å²) in [5, 5.41) is 5.80. The number of hydrogen-bond acceptors (Lipinski definition) is 6. The number of esters is 1. The highest BCUT2D eigenvalue weighted by molar-refractivity contribution is 7.16. The van der Waals surface area contributed by atoms with E-state index in [-0.39, 0.29) is 19.1 Å². The summed E-state index contributed by atoms with van der Waals surface area (Å²) in [4.78, 5) is 36.3. The average molecular weight is 390 g/mol. The molecule has 0 spiro atoms. The molecular weight excluding hydrogens is 368 g/mol. The Morgan fingerprint density at radius 3 is 2.56 bits per heavy atom. The smallest absolute Gasteiger partial charge is 0.341 e. The number of thiophene rings is 1. The lowest BCUT2D eigenvalue weighted by atomic mass is 10.2. The first-order chi connectivity index (χ1) is 12.9. The maximum absolute atomic E-state index is 12.2. The number of hydrogen-bond donors (Lipinski definition) is 2. The molecule has 0 aliphatic rings. The monoisotopic (exact) mass is 390 g/mol. The molecule has 0 aliphatic heterocycles. The number of ether oxygens (including phenoxy) is 2. The summed E-state index contributed by atoms with van der Waals surface area (Å²) >= 11 is 1.34. The minimum Gasteiger partial charge on any atom is -0.484 e. The van der Waals surface area contributed by atoms with E-state index in [4.69, 9.17) is 9.47 Å². The fraction of sp³-hybridized carbons (Fsp3) is 0.316. The van der Waals surface area contributed by atoms with Crippen LogP contribution in [0, 0.1) is 0 Å². The maximum Gasteiger partial charge on any atom is 0.341 e. The van der Waals surface area contributed by atoms with Crippen LogP contribution in [-0.4, -0.2) is 31.0 Å². The Bertz CT molecular complexity index is 831. The Balaban J connectivity index is 2.01. The van der Waals surface area contributed by atoms with Crippen molar-refractivity contribution in [1.82, 2.24) is 0 Å². The summed E-state index contributed by atoms with van der Waals surface area (Å²) < 4.78 is 10.5. The maximum atomic E-state index is 12.2. The van der Waals surface area contributed by atoms with Gasteiger partial charge in [-0.3, -0.25) is 9.59 Å². The van der Waals surface area contributed by atoms with Gasteiger partial charge in [0, 0.05) is 23.6 Å². The zero-order chi connectivity index (χ0) is 19.8. The Kier molecular flexibility index (Phi) is 7.36. The largest absolute Gasteiger partial charge is 0.484 e. The number of anilines is 2. The first kappa shape index (κ1) is 20.4. The van der Waals surface area contributed by atoms with Crippen molar-refractivity contribution in [3.63, 3.8) is 0 Å². The molecule has 0 atom stereocenters. The number of carbonyl (C=O) groups is 3. The van der Waals surface area contributed by atoms with Crippen molar-refractivity contribution in [3.8, 4) is 5.75 Å². The van der Waals surface area contributed by atoms with Crippen LogP contribution in [0.4, 0.5) is 10.7 Å². The molecule has 0 fully saturated rings. The van der Waals surface area contributed by atoms with Gasteiger partial charge >= 0.3 is 5.97 Å². The van der Waals surface area contributed by atoms with Crippen LogP contribution in [0.5, 0.6) is 5.75 Å². The summed E-state index contributed by atoms with van der Waals surface area (Å²) in [6.07, 6.45) is 0.749. The van der Waals surface area contributed by atoms with Gasteiger partial charge in [0.25, 0.3) is 5.91 Å². The molecule has 27 heavy (non-hydrogen) atoms. The lowest BCUT2D eigenvalue weighted by Gasteiger charge is -2.09. The molecule has 1 heterocycles. The lowest BCUT2D eigenvalue weighted by molar-refractivity contribution is -0.118. The average Bonchev–Trinajstić information content (AvgIpc) is 3.03. The molecule has 0 bridgehead atoms. The highest BCUT2D eigenvalue weighted by Crippen LogP contribution is 2.29. The minimum atomic E-state index is -0.465. The molecule has 0 radical (unpaired) electrons. The van der Waals surface area contributed by atoms with Crippen LogP contribution in [0.15, 0.2) is 30.3 Å². The van der Waals surface area contributed by atoms with Crippen molar-refractivity contribution >= 4 is 39.8 Å². The van der Waals surface area contributed by atoms with Gasteiger partial charge in [0.1, 0.15) is 10.8 Å². The van der Waals surface area contributed by atoms with Crippen molar-refractivity contribution in [2.75, 3.05) is 23.8 Å². The first-order valence-corrected chi connectivity index (χ1v) is 9.34. The number of carbonyl (C=O) groups excluding carboxylic acids is 3. The van der Waals surface area contributed by atoms with Gasteiger partial charge in [-0.2, -0.15) is 0 Å². The molecule has 2 N–H and O–H groups in total. The predicted molar refractivity (Wildman–Crippen MR) is 105 cm³/mol. The van der Waals surface area contributed by atoms with E-state index in [1.165, 1.54) is 18.3 Å². The molecule has 0 saturated carbocycles. The third kappa shape index (κ3) is 6.10. The zero-order valence-corrected chi connectivity index (χ0v) is 16.3. The number of amides is 2. The second-order valence-corrected chi connectivity index (χ2v) is 6.71. The standard InChI is InChI=1S/C19H22N2O5S/c1-4-15-10-16(19(24)25-5-2)18(27-15)21-17(23)11-26-14-8-6-7-13(9-14)20-12(3)22/h6-10H,4-5,11H2,1-3H3,(H,20,22)(H,21,23). The summed E-state index contributed by atoms with van der Waals surface area (Å²) in [5.41, 5.74) is 0.926. The molecule has 0 aliphatic carbocycles.